The van der Waals surface area contributed by atoms with Crippen LogP contribution in [0.3, 0.4) is 0 Å². The van der Waals surface area contributed by atoms with Crippen LogP contribution in [0.15, 0.2) is 17.5 Å². The van der Waals surface area contributed by atoms with Crippen LogP contribution in [0.2, 0.25) is 0 Å². The Labute approximate surface area is 148 Å². The van der Waals surface area contributed by atoms with E-state index in [1.165, 1.54) is 30.6 Å². The van der Waals surface area contributed by atoms with Gasteiger partial charge in [0.1, 0.15) is 0 Å². The molecule has 0 radical (unpaired) electrons. The summed E-state index contributed by atoms with van der Waals surface area (Å²) in [6, 6.07) is 4.32. The maximum absolute atomic E-state index is 12.4. The molecule has 2 aliphatic rings. The van der Waals surface area contributed by atoms with Crippen LogP contribution in [-0.2, 0) is 9.59 Å². The molecular weight excluding hydrogens is 320 g/mol. The van der Waals surface area contributed by atoms with Gasteiger partial charge in [0.25, 0.3) is 0 Å². The Morgan fingerprint density at radius 3 is 2.50 bits per heavy atom. The fourth-order valence-corrected chi connectivity index (χ4v) is 4.93. The molecule has 0 spiro atoms. The Hall–Kier alpha value is -1.36. The minimum absolute atomic E-state index is 0.0482. The average Bonchev–Trinajstić information content (AvgIpc) is 3.36. The van der Waals surface area contributed by atoms with E-state index >= 15 is 0 Å². The molecule has 2 amide bonds. The summed E-state index contributed by atoms with van der Waals surface area (Å²) in [5.41, 5.74) is 0. The summed E-state index contributed by atoms with van der Waals surface area (Å²) in [6.07, 6.45) is 9.60. The molecule has 0 aliphatic heterocycles. The Morgan fingerprint density at radius 2 is 1.83 bits per heavy atom. The van der Waals surface area contributed by atoms with Crippen molar-refractivity contribution >= 4 is 23.2 Å². The zero-order valence-corrected chi connectivity index (χ0v) is 15.1. The van der Waals surface area contributed by atoms with E-state index in [4.69, 9.17) is 0 Å². The van der Waals surface area contributed by atoms with Crippen LogP contribution in [0.5, 0.6) is 0 Å². The molecule has 2 fully saturated rings. The molecule has 5 heteroatoms. The van der Waals surface area contributed by atoms with Crippen molar-refractivity contribution in [2.45, 2.75) is 63.8 Å². The van der Waals surface area contributed by atoms with Crippen molar-refractivity contribution in [1.29, 1.82) is 0 Å². The number of nitrogens with one attached hydrogen (secondary N) is 2. The van der Waals surface area contributed by atoms with E-state index < -0.39 is 0 Å². The third-order valence-corrected chi connectivity index (χ3v) is 6.37. The lowest BCUT2D eigenvalue weighted by atomic mass is 9.96. The highest BCUT2D eigenvalue weighted by atomic mass is 32.1. The van der Waals surface area contributed by atoms with Crippen molar-refractivity contribution in [2.75, 3.05) is 6.54 Å². The predicted octanol–water partition coefficient (Wildman–Crippen LogP) is 3.79. The van der Waals surface area contributed by atoms with Crippen molar-refractivity contribution in [3.8, 4) is 0 Å². The molecule has 2 N–H and O–H groups in total. The van der Waals surface area contributed by atoms with Gasteiger partial charge in [-0.15, -0.1) is 11.3 Å². The normalized spacial score (nSPS) is 20.2. The second kappa shape index (κ2) is 8.65. The Balaban J connectivity index is 1.45. The molecular formula is C19H28N2O2S. The Bertz CT molecular complexity index is 532. The standard InChI is InChI=1S/C19H28N2O2S/c22-17(11-12-20-19(23)15-8-3-4-9-15)21-18(14-6-1-2-7-14)16-10-5-13-24-16/h5,10,13-15,18H,1-4,6-9,11-12H2,(H,20,23)(H,21,22)/t18-/m1/s1. The van der Waals surface area contributed by atoms with Crippen molar-refractivity contribution in [2.24, 2.45) is 11.8 Å². The molecule has 24 heavy (non-hydrogen) atoms. The SMILES string of the molecule is O=C(CCNC(=O)C1CCCC1)N[C@@H](c1cccs1)C1CCCC1. The van der Waals surface area contributed by atoms with Gasteiger partial charge in [0.15, 0.2) is 0 Å². The minimum atomic E-state index is 0.0482. The molecule has 4 nitrogen and oxygen atoms in total. The molecule has 0 saturated heterocycles. The highest BCUT2D eigenvalue weighted by Gasteiger charge is 2.28. The number of rotatable bonds is 7. The van der Waals surface area contributed by atoms with Crippen LogP contribution in [0.1, 0.15) is 68.7 Å². The van der Waals surface area contributed by atoms with Gasteiger partial charge in [-0.1, -0.05) is 31.7 Å². The van der Waals surface area contributed by atoms with Crippen molar-refractivity contribution < 1.29 is 9.59 Å². The number of carbonyl (C=O) groups excluding carboxylic acids is 2. The summed E-state index contributed by atoms with van der Waals surface area (Å²) in [5, 5.41) is 8.24. The van der Waals surface area contributed by atoms with Crippen LogP contribution in [0.25, 0.3) is 0 Å². The topological polar surface area (TPSA) is 58.2 Å². The summed E-state index contributed by atoms with van der Waals surface area (Å²) < 4.78 is 0. The fraction of sp³-hybridized carbons (Fsp3) is 0.684. The Kier molecular flexibility index (Phi) is 6.30. The summed E-state index contributed by atoms with van der Waals surface area (Å²) in [5.74, 6) is 0.906. The van der Waals surface area contributed by atoms with Gasteiger partial charge in [-0.3, -0.25) is 9.59 Å². The lowest BCUT2D eigenvalue weighted by Gasteiger charge is -2.24. The second-order valence-electron chi connectivity index (χ2n) is 7.13. The van der Waals surface area contributed by atoms with Gasteiger partial charge in [-0.05, 0) is 43.0 Å². The summed E-state index contributed by atoms with van der Waals surface area (Å²) in [4.78, 5) is 25.6. The maximum Gasteiger partial charge on any atom is 0.223 e. The second-order valence-corrected chi connectivity index (χ2v) is 8.11. The third kappa shape index (κ3) is 4.59. The van der Waals surface area contributed by atoms with Crippen LogP contribution in [0, 0.1) is 11.8 Å². The van der Waals surface area contributed by atoms with Crippen LogP contribution < -0.4 is 10.6 Å². The highest BCUT2D eigenvalue weighted by molar-refractivity contribution is 7.10. The van der Waals surface area contributed by atoms with E-state index in [0.29, 0.717) is 18.9 Å². The first-order valence-corrected chi connectivity index (χ1v) is 10.2. The smallest absolute Gasteiger partial charge is 0.223 e. The molecule has 132 valence electrons. The molecule has 0 aromatic carbocycles. The summed E-state index contributed by atoms with van der Waals surface area (Å²) in [7, 11) is 0. The van der Waals surface area contributed by atoms with Crippen LogP contribution in [0.4, 0.5) is 0 Å². The van der Waals surface area contributed by atoms with Gasteiger partial charge in [-0.2, -0.15) is 0 Å². The average molecular weight is 349 g/mol. The molecule has 0 unspecified atom stereocenters. The summed E-state index contributed by atoms with van der Waals surface area (Å²) in [6.45, 7) is 0.447. The van der Waals surface area contributed by atoms with Crippen LogP contribution >= 0.6 is 11.3 Å². The van der Waals surface area contributed by atoms with Crippen LogP contribution in [-0.4, -0.2) is 18.4 Å². The van der Waals surface area contributed by atoms with Gasteiger partial charge < -0.3 is 10.6 Å². The van der Waals surface area contributed by atoms with Gasteiger partial charge in [0.05, 0.1) is 6.04 Å². The van der Waals surface area contributed by atoms with E-state index in [2.05, 4.69) is 28.1 Å². The monoisotopic (exact) mass is 348 g/mol. The van der Waals surface area contributed by atoms with E-state index in [-0.39, 0.29) is 23.8 Å². The first-order chi connectivity index (χ1) is 11.7. The van der Waals surface area contributed by atoms with Crippen molar-refractivity contribution in [1.82, 2.24) is 10.6 Å². The van der Waals surface area contributed by atoms with Crippen molar-refractivity contribution in [3.05, 3.63) is 22.4 Å². The van der Waals surface area contributed by atoms with E-state index in [1.54, 1.807) is 11.3 Å². The maximum atomic E-state index is 12.4. The van der Waals surface area contributed by atoms with E-state index in [1.807, 2.05) is 0 Å². The molecule has 1 heterocycles. The predicted molar refractivity (Wildman–Crippen MR) is 96.7 cm³/mol. The van der Waals surface area contributed by atoms with Gasteiger partial charge in [0.2, 0.25) is 11.8 Å². The van der Waals surface area contributed by atoms with E-state index in [9.17, 15) is 9.59 Å². The van der Waals surface area contributed by atoms with Gasteiger partial charge in [-0.25, -0.2) is 0 Å². The first-order valence-electron chi connectivity index (χ1n) is 9.34. The van der Waals surface area contributed by atoms with Crippen molar-refractivity contribution in [3.63, 3.8) is 0 Å². The largest absolute Gasteiger partial charge is 0.355 e. The van der Waals surface area contributed by atoms with Gasteiger partial charge in [0, 0.05) is 23.8 Å². The van der Waals surface area contributed by atoms with E-state index in [0.717, 1.165) is 25.7 Å². The third-order valence-electron chi connectivity index (χ3n) is 5.41. The lowest BCUT2D eigenvalue weighted by Crippen LogP contribution is -2.36. The molecule has 1 aromatic rings. The number of thiophene rings is 1. The Morgan fingerprint density at radius 1 is 1.12 bits per heavy atom. The minimum Gasteiger partial charge on any atom is -0.355 e. The zero-order chi connectivity index (χ0) is 16.8. The lowest BCUT2D eigenvalue weighted by molar-refractivity contribution is -0.125. The highest BCUT2D eigenvalue weighted by Crippen LogP contribution is 2.37. The molecule has 0 bridgehead atoms. The number of amides is 2. The molecule has 2 saturated carbocycles. The molecule has 1 atom stereocenters. The number of carbonyl (C=O) groups is 2. The molecule has 1 aromatic heterocycles. The number of hydrogen-bond donors (Lipinski definition) is 2. The quantitative estimate of drug-likeness (QED) is 0.787. The molecule has 3 rings (SSSR count). The molecule has 2 aliphatic carbocycles. The van der Waals surface area contributed by atoms with Gasteiger partial charge >= 0.3 is 0 Å². The fourth-order valence-electron chi connectivity index (χ4n) is 4.06. The number of hydrogen-bond acceptors (Lipinski definition) is 3. The summed E-state index contributed by atoms with van der Waals surface area (Å²) >= 11 is 1.72. The zero-order valence-electron chi connectivity index (χ0n) is 14.3. The first kappa shape index (κ1) is 17.5.